The summed E-state index contributed by atoms with van der Waals surface area (Å²) in [5.74, 6) is -0.686. The summed E-state index contributed by atoms with van der Waals surface area (Å²) in [6.45, 7) is 8.03. The van der Waals surface area contributed by atoms with Gasteiger partial charge in [0.25, 0.3) is 0 Å². The number of ether oxygens (including phenoxy) is 5. The van der Waals surface area contributed by atoms with E-state index < -0.39 is 17.4 Å². The highest BCUT2D eigenvalue weighted by molar-refractivity contribution is 5.57. The molecule has 0 spiro atoms. The van der Waals surface area contributed by atoms with Crippen molar-refractivity contribution < 1.29 is 32.5 Å². The van der Waals surface area contributed by atoms with Crippen LogP contribution < -0.4 is 19.5 Å². The summed E-state index contributed by atoms with van der Waals surface area (Å²) in [4.78, 5) is 8.46. The Kier molecular flexibility index (Phi) is 8.09. The molecule has 2 aromatic carbocycles. The van der Waals surface area contributed by atoms with Crippen LogP contribution in [0.5, 0.6) is 17.2 Å². The fourth-order valence-corrected chi connectivity index (χ4v) is 3.91. The van der Waals surface area contributed by atoms with Crippen molar-refractivity contribution in [3.8, 4) is 17.2 Å². The maximum absolute atomic E-state index is 14.6. The molecule has 10 heteroatoms. The Balaban J connectivity index is 1.34. The van der Waals surface area contributed by atoms with Crippen molar-refractivity contribution in [1.29, 1.82) is 0 Å². The van der Waals surface area contributed by atoms with Gasteiger partial charge in [-0.2, -0.15) is 0 Å². The average Bonchev–Trinajstić information content (AvgIpc) is 3.23. The zero-order valence-corrected chi connectivity index (χ0v) is 21.6. The van der Waals surface area contributed by atoms with Crippen LogP contribution in [0, 0.1) is 18.6 Å². The molecular weight excluding hydrogens is 484 g/mol. The summed E-state index contributed by atoms with van der Waals surface area (Å²) < 4.78 is 57.0. The van der Waals surface area contributed by atoms with Gasteiger partial charge in [-0.3, -0.25) is 0 Å². The Hall–Kier alpha value is -3.50. The van der Waals surface area contributed by atoms with Crippen LogP contribution in [-0.2, 0) is 22.5 Å². The van der Waals surface area contributed by atoms with Gasteiger partial charge in [-0.15, -0.1) is 0 Å². The van der Waals surface area contributed by atoms with Crippen molar-refractivity contribution in [3.05, 3.63) is 65.0 Å². The van der Waals surface area contributed by atoms with Crippen LogP contribution in [0.4, 0.5) is 20.4 Å². The van der Waals surface area contributed by atoms with E-state index in [1.54, 1.807) is 6.92 Å². The molecule has 198 valence electrons. The molecule has 1 aromatic heterocycles. The van der Waals surface area contributed by atoms with Gasteiger partial charge in [0.05, 0.1) is 31.7 Å². The number of anilines is 2. The molecule has 4 rings (SSSR count). The van der Waals surface area contributed by atoms with Crippen molar-refractivity contribution in [2.24, 2.45) is 0 Å². The monoisotopic (exact) mass is 515 g/mol. The summed E-state index contributed by atoms with van der Waals surface area (Å²) in [6.07, 6.45) is 3.14. The molecule has 1 fully saturated rings. The minimum Gasteiger partial charge on any atom is -0.494 e. The van der Waals surface area contributed by atoms with Crippen LogP contribution in [0.3, 0.4) is 0 Å². The Morgan fingerprint density at radius 3 is 2.46 bits per heavy atom. The molecule has 1 aliphatic heterocycles. The molecule has 0 saturated carbocycles. The highest BCUT2D eigenvalue weighted by Crippen LogP contribution is 2.29. The molecule has 1 aliphatic rings. The molecule has 1 unspecified atom stereocenters. The Morgan fingerprint density at radius 2 is 1.84 bits per heavy atom. The largest absolute Gasteiger partial charge is 0.494 e. The fourth-order valence-electron chi connectivity index (χ4n) is 3.91. The predicted octanol–water partition coefficient (Wildman–Crippen LogP) is 5.49. The Bertz CT molecular complexity index is 1210. The van der Waals surface area contributed by atoms with Crippen LogP contribution in [0.2, 0.25) is 0 Å². The topological polar surface area (TPSA) is 84.0 Å². The number of halogens is 2. The van der Waals surface area contributed by atoms with E-state index in [1.807, 2.05) is 39.0 Å². The lowest BCUT2D eigenvalue weighted by Gasteiger charge is -2.18. The number of aryl methyl sites for hydroxylation is 2. The molecule has 8 nitrogen and oxygen atoms in total. The third kappa shape index (κ3) is 6.44. The van der Waals surface area contributed by atoms with E-state index in [9.17, 15) is 8.78 Å². The van der Waals surface area contributed by atoms with Gasteiger partial charge in [-0.05, 0) is 62.6 Å². The number of hydrogen-bond donors (Lipinski definition) is 1. The van der Waals surface area contributed by atoms with Gasteiger partial charge in [-0.25, -0.2) is 18.7 Å². The minimum absolute atomic E-state index is 0.0239. The van der Waals surface area contributed by atoms with Gasteiger partial charge in [0.2, 0.25) is 5.95 Å². The standard InChI is InChI=1S/C27H31F2N3O5/c1-6-17-10-23(33-5)25(29)21(24(17)28)15-34-19-11-30-26(31-12-19)32-18-7-8-22(16(2)9-18)35-13-20-14-36-27(3,4)37-20/h7-12,20H,6,13-15H2,1-5H3,(H,30,31,32). The molecule has 3 aromatic rings. The van der Waals surface area contributed by atoms with E-state index in [0.29, 0.717) is 31.1 Å². The van der Waals surface area contributed by atoms with E-state index in [-0.39, 0.29) is 29.8 Å². The second kappa shape index (κ2) is 11.3. The molecular formula is C27H31F2N3O5. The number of nitrogens with one attached hydrogen (secondary N) is 1. The summed E-state index contributed by atoms with van der Waals surface area (Å²) in [5.41, 5.74) is 1.85. The first-order chi connectivity index (χ1) is 17.7. The van der Waals surface area contributed by atoms with Crippen LogP contribution in [-0.4, -0.2) is 42.2 Å². The van der Waals surface area contributed by atoms with Crippen molar-refractivity contribution in [3.63, 3.8) is 0 Å². The number of aromatic nitrogens is 2. The lowest BCUT2D eigenvalue weighted by Crippen LogP contribution is -2.25. The Morgan fingerprint density at radius 1 is 1.08 bits per heavy atom. The first-order valence-electron chi connectivity index (χ1n) is 12.0. The van der Waals surface area contributed by atoms with Crippen LogP contribution in [0.1, 0.15) is 37.5 Å². The second-order valence-electron chi connectivity index (χ2n) is 9.10. The number of rotatable bonds is 10. The molecule has 0 bridgehead atoms. The smallest absolute Gasteiger partial charge is 0.227 e. The zero-order valence-electron chi connectivity index (χ0n) is 21.6. The summed E-state index contributed by atoms with van der Waals surface area (Å²) in [6, 6.07) is 6.99. The fraction of sp³-hybridized carbons (Fsp3) is 0.407. The van der Waals surface area contributed by atoms with Gasteiger partial charge in [0.1, 0.15) is 30.9 Å². The number of benzene rings is 2. The van der Waals surface area contributed by atoms with Crippen molar-refractivity contribution in [2.75, 3.05) is 25.6 Å². The summed E-state index contributed by atoms with van der Waals surface area (Å²) >= 11 is 0. The highest BCUT2D eigenvalue weighted by atomic mass is 19.1. The average molecular weight is 516 g/mol. The van der Waals surface area contributed by atoms with Crippen LogP contribution in [0.15, 0.2) is 36.7 Å². The van der Waals surface area contributed by atoms with Gasteiger partial charge >= 0.3 is 0 Å². The number of methoxy groups -OCH3 is 1. The quantitative estimate of drug-likeness (QED) is 0.380. The van der Waals surface area contributed by atoms with E-state index >= 15 is 0 Å². The minimum atomic E-state index is -0.785. The lowest BCUT2D eigenvalue weighted by molar-refractivity contribution is -0.141. The van der Waals surface area contributed by atoms with E-state index in [4.69, 9.17) is 23.7 Å². The SMILES string of the molecule is CCc1cc(OC)c(F)c(COc2cnc(Nc3ccc(OCC4COC(C)(C)O4)c(C)c3)nc2)c1F. The number of hydrogen-bond acceptors (Lipinski definition) is 8. The molecule has 2 heterocycles. The molecule has 0 radical (unpaired) electrons. The predicted molar refractivity (Wildman–Crippen MR) is 134 cm³/mol. The summed E-state index contributed by atoms with van der Waals surface area (Å²) in [5, 5.41) is 3.11. The van der Waals surface area contributed by atoms with Crippen molar-refractivity contribution in [2.45, 2.75) is 52.6 Å². The number of nitrogens with zero attached hydrogens (tertiary/aromatic N) is 2. The highest BCUT2D eigenvalue weighted by Gasteiger charge is 2.33. The maximum Gasteiger partial charge on any atom is 0.227 e. The molecule has 1 saturated heterocycles. The van der Waals surface area contributed by atoms with Gasteiger partial charge in [0.15, 0.2) is 23.1 Å². The molecule has 0 amide bonds. The third-order valence-electron chi connectivity index (χ3n) is 5.87. The van der Waals surface area contributed by atoms with Gasteiger partial charge < -0.3 is 29.0 Å². The zero-order chi connectivity index (χ0) is 26.6. The van der Waals surface area contributed by atoms with Crippen LogP contribution in [0.25, 0.3) is 0 Å². The Labute approximate surface area is 214 Å². The van der Waals surface area contributed by atoms with E-state index in [0.717, 1.165) is 17.0 Å². The van der Waals surface area contributed by atoms with Gasteiger partial charge in [0, 0.05) is 5.69 Å². The maximum atomic E-state index is 14.6. The third-order valence-corrected chi connectivity index (χ3v) is 5.87. The van der Waals surface area contributed by atoms with Gasteiger partial charge in [-0.1, -0.05) is 6.92 Å². The van der Waals surface area contributed by atoms with E-state index in [2.05, 4.69) is 15.3 Å². The van der Waals surface area contributed by atoms with Crippen molar-refractivity contribution in [1.82, 2.24) is 9.97 Å². The second-order valence-corrected chi connectivity index (χ2v) is 9.10. The lowest BCUT2D eigenvalue weighted by atomic mass is 10.1. The van der Waals surface area contributed by atoms with E-state index in [1.165, 1.54) is 25.6 Å². The molecule has 0 aliphatic carbocycles. The van der Waals surface area contributed by atoms with Crippen LogP contribution >= 0.6 is 0 Å². The van der Waals surface area contributed by atoms with Crippen molar-refractivity contribution >= 4 is 11.6 Å². The molecule has 37 heavy (non-hydrogen) atoms. The first-order valence-corrected chi connectivity index (χ1v) is 12.0. The normalized spacial score (nSPS) is 16.5. The molecule has 1 atom stereocenters. The first kappa shape index (κ1) is 26.6. The summed E-state index contributed by atoms with van der Waals surface area (Å²) in [7, 11) is 1.34. The molecule has 1 N–H and O–H groups in total.